The first-order chi connectivity index (χ1) is 10.9. The summed E-state index contributed by atoms with van der Waals surface area (Å²) in [6.07, 6.45) is 1.57. The van der Waals surface area contributed by atoms with Gasteiger partial charge in [-0.05, 0) is 28.4 Å². The highest BCUT2D eigenvalue weighted by molar-refractivity contribution is 9.10. The molecule has 5 nitrogen and oxygen atoms in total. The fourth-order valence-electron chi connectivity index (χ4n) is 2.65. The van der Waals surface area contributed by atoms with E-state index in [1.54, 1.807) is 11.0 Å². The predicted molar refractivity (Wildman–Crippen MR) is 96.6 cm³/mol. The summed E-state index contributed by atoms with van der Waals surface area (Å²) < 4.78 is 2.50. The van der Waals surface area contributed by atoms with E-state index in [2.05, 4.69) is 81.4 Å². The molecule has 1 unspecified atom stereocenters. The number of nitrogens with one attached hydrogen (secondary N) is 1. The number of rotatable bonds is 4. The molecule has 0 fully saturated rings. The van der Waals surface area contributed by atoms with Gasteiger partial charge in [0.1, 0.15) is 16.7 Å². The van der Waals surface area contributed by atoms with Gasteiger partial charge in [-0.1, -0.05) is 44.2 Å². The van der Waals surface area contributed by atoms with Crippen molar-refractivity contribution in [2.75, 3.05) is 5.32 Å². The lowest BCUT2D eigenvalue weighted by Crippen LogP contribution is -2.37. The summed E-state index contributed by atoms with van der Waals surface area (Å²) in [5.41, 5.74) is 2.04. The molecule has 1 N–H and O–H groups in total. The van der Waals surface area contributed by atoms with Crippen molar-refractivity contribution >= 4 is 32.8 Å². The first-order valence-corrected chi connectivity index (χ1v) is 8.36. The van der Waals surface area contributed by atoms with Gasteiger partial charge >= 0.3 is 0 Å². The molecule has 2 heterocycles. The molecule has 23 heavy (non-hydrogen) atoms. The first kappa shape index (κ1) is 15.9. The lowest BCUT2D eigenvalue weighted by atomic mass is 9.78. The summed E-state index contributed by atoms with van der Waals surface area (Å²) in [6, 6.07) is 10.7. The minimum absolute atomic E-state index is 0.0484. The molecule has 0 aliphatic rings. The number of benzene rings is 1. The molecule has 0 saturated heterocycles. The van der Waals surface area contributed by atoms with Crippen molar-refractivity contribution in [1.82, 2.24) is 19.7 Å². The fourth-order valence-corrected chi connectivity index (χ4v) is 3.26. The number of hydrogen-bond donors (Lipinski definition) is 1. The van der Waals surface area contributed by atoms with Gasteiger partial charge in [0.25, 0.3) is 0 Å². The Balaban J connectivity index is 1.96. The molecule has 0 radical (unpaired) electrons. The maximum Gasteiger partial charge on any atom is 0.164 e. The van der Waals surface area contributed by atoms with Gasteiger partial charge in [-0.25, -0.2) is 14.6 Å². The van der Waals surface area contributed by atoms with E-state index in [0.29, 0.717) is 0 Å². The second-order valence-electron chi connectivity index (χ2n) is 6.29. The molecule has 3 rings (SSSR count). The van der Waals surface area contributed by atoms with Gasteiger partial charge in [0.15, 0.2) is 5.65 Å². The molecule has 0 aliphatic heterocycles. The van der Waals surface area contributed by atoms with Crippen LogP contribution in [0.4, 0.5) is 5.82 Å². The maximum atomic E-state index is 4.42. The molecular formula is C17H20BrN5. The Labute approximate surface area is 144 Å². The Morgan fingerprint density at radius 1 is 1.17 bits per heavy atom. The summed E-state index contributed by atoms with van der Waals surface area (Å²) in [5, 5.41) is 8.82. The quantitative estimate of drug-likeness (QED) is 0.753. The lowest BCUT2D eigenvalue weighted by Gasteiger charge is -2.33. The summed E-state index contributed by atoms with van der Waals surface area (Å²) in [5.74, 6) is 0.798. The Hall–Kier alpha value is -1.95. The topological polar surface area (TPSA) is 55.6 Å². The highest BCUT2D eigenvalue weighted by atomic mass is 79.9. The van der Waals surface area contributed by atoms with Crippen molar-refractivity contribution in [3.8, 4) is 0 Å². The van der Waals surface area contributed by atoms with Crippen molar-refractivity contribution in [1.29, 1.82) is 0 Å². The van der Waals surface area contributed by atoms with E-state index >= 15 is 0 Å². The van der Waals surface area contributed by atoms with Crippen LogP contribution in [0.3, 0.4) is 0 Å². The molecule has 0 spiro atoms. The van der Waals surface area contributed by atoms with Gasteiger partial charge in [-0.2, -0.15) is 5.10 Å². The van der Waals surface area contributed by atoms with Crippen LogP contribution in [-0.2, 0) is 12.5 Å². The van der Waals surface area contributed by atoms with Gasteiger partial charge in [0.2, 0.25) is 0 Å². The average molecular weight is 374 g/mol. The third-order valence-electron chi connectivity index (χ3n) is 4.53. The van der Waals surface area contributed by atoms with Gasteiger partial charge in [-0.15, -0.1) is 0 Å². The Morgan fingerprint density at radius 2 is 1.87 bits per heavy atom. The number of aromatic nitrogens is 4. The lowest BCUT2D eigenvalue weighted by molar-refractivity contribution is 0.457. The summed E-state index contributed by atoms with van der Waals surface area (Å²) in [7, 11) is 1.88. The molecule has 3 aromatic rings. The number of hydrogen-bond acceptors (Lipinski definition) is 4. The van der Waals surface area contributed by atoms with Crippen LogP contribution in [0.1, 0.15) is 26.3 Å². The van der Waals surface area contributed by atoms with E-state index in [0.717, 1.165) is 21.5 Å². The smallest absolute Gasteiger partial charge is 0.164 e. The van der Waals surface area contributed by atoms with E-state index in [1.165, 1.54) is 5.56 Å². The van der Waals surface area contributed by atoms with Crippen LogP contribution < -0.4 is 5.32 Å². The van der Waals surface area contributed by atoms with Crippen LogP contribution in [0, 0.1) is 0 Å². The molecular weight excluding hydrogens is 354 g/mol. The Bertz CT molecular complexity index is 826. The molecule has 1 aromatic carbocycles. The van der Waals surface area contributed by atoms with E-state index in [9.17, 15) is 0 Å². The van der Waals surface area contributed by atoms with Crippen molar-refractivity contribution < 1.29 is 0 Å². The van der Waals surface area contributed by atoms with E-state index in [-0.39, 0.29) is 11.5 Å². The summed E-state index contributed by atoms with van der Waals surface area (Å²) in [6.45, 7) is 6.64. The molecule has 6 heteroatoms. The molecule has 120 valence electrons. The minimum Gasteiger partial charge on any atom is -0.366 e. The number of anilines is 1. The van der Waals surface area contributed by atoms with Crippen LogP contribution in [-0.4, -0.2) is 25.8 Å². The van der Waals surface area contributed by atoms with Crippen LogP contribution in [0.15, 0.2) is 41.3 Å². The molecule has 2 aromatic heterocycles. The maximum absolute atomic E-state index is 4.42. The van der Waals surface area contributed by atoms with E-state index < -0.39 is 0 Å². The fraction of sp³-hybridized carbons (Fsp3) is 0.353. The molecule has 0 amide bonds. The van der Waals surface area contributed by atoms with Crippen LogP contribution >= 0.6 is 15.9 Å². The van der Waals surface area contributed by atoms with Crippen LogP contribution in [0.2, 0.25) is 0 Å². The van der Waals surface area contributed by atoms with E-state index in [1.807, 2.05) is 13.1 Å². The van der Waals surface area contributed by atoms with Crippen molar-refractivity contribution in [2.24, 2.45) is 7.05 Å². The number of halogens is 1. The highest BCUT2D eigenvalue weighted by Gasteiger charge is 2.29. The third kappa shape index (κ3) is 2.83. The largest absolute Gasteiger partial charge is 0.366 e. The number of aryl methyl sites for hydroxylation is 1. The summed E-state index contributed by atoms with van der Waals surface area (Å²) in [4.78, 5) is 8.73. The first-order valence-electron chi connectivity index (χ1n) is 7.56. The second kappa shape index (κ2) is 5.92. The zero-order valence-electron chi connectivity index (χ0n) is 13.7. The SMILES string of the molecule is CC(Nc1ncnc2c1c(Br)nn2C)C(C)(C)c1ccccc1. The third-order valence-corrected chi connectivity index (χ3v) is 5.09. The van der Waals surface area contributed by atoms with Crippen LogP contribution in [0.25, 0.3) is 11.0 Å². The second-order valence-corrected chi connectivity index (χ2v) is 7.04. The average Bonchev–Trinajstić information content (AvgIpc) is 2.84. The monoisotopic (exact) mass is 373 g/mol. The molecule has 1 atom stereocenters. The number of nitrogens with zero attached hydrogens (tertiary/aromatic N) is 4. The Morgan fingerprint density at radius 3 is 2.57 bits per heavy atom. The van der Waals surface area contributed by atoms with Crippen molar-refractivity contribution in [3.63, 3.8) is 0 Å². The van der Waals surface area contributed by atoms with Crippen LogP contribution in [0.5, 0.6) is 0 Å². The Kier molecular flexibility index (Phi) is 4.10. The molecule has 0 saturated carbocycles. The van der Waals surface area contributed by atoms with Gasteiger partial charge in [-0.3, -0.25) is 0 Å². The molecule has 0 bridgehead atoms. The summed E-state index contributed by atoms with van der Waals surface area (Å²) >= 11 is 3.50. The van der Waals surface area contributed by atoms with Crippen molar-refractivity contribution in [3.05, 3.63) is 46.8 Å². The van der Waals surface area contributed by atoms with Crippen molar-refractivity contribution in [2.45, 2.75) is 32.2 Å². The normalized spacial score (nSPS) is 13.3. The highest BCUT2D eigenvalue weighted by Crippen LogP contribution is 2.32. The predicted octanol–water partition coefficient (Wildman–Crippen LogP) is 3.90. The van der Waals surface area contributed by atoms with Gasteiger partial charge < -0.3 is 5.32 Å². The van der Waals surface area contributed by atoms with Gasteiger partial charge in [0.05, 0.1) is 5.39 Å². The van der Waals surface area contributed by atoms with E-state index in [4.69, 9.17) is 0 Å². The standard InChI is InChI=1S/C17H20BrN5/c1-11(17(2,3)12-8-6-5-7-9-12)21-15-13-14(18)22-23(4)16(13)20-10-19-15/h5-11H,1-4H3,(H,19,20,21). The zero-order chi connectivity index (χ0) is 16.6. The van der Waals surface area contributed by atoms with Gasteiger partial charge in [0, 0.05) is 18.5 Å². The number of fused-ring (bicyclic) bond motifs is 1. The molecule has 0 aliphatic carbocycles. The zero-order valence-corrected chi connectivity index (χ0v) is 15.3. The minimum atomic E-state index is -0.0484.